The molecule has 2 aliphatic heterocycles. The monoisotopic (exact) mass is 448 g/mol. The molecule has 2 aliphatic rings. The van der Waals surface area contributed by atoms with Gasteiger partial charge in [-0.05, 0) is 48.4 Å². The van der Waals surface area contributed by atoms with E-state index >= 15 is 0 Å². The number of halogens is 2. The molecule has 2 unspecified atom stereocenters. The number of rotatable bonds is 3. The van der Waals surface area contributed by atoms with Crippen molar-refractivity contribution in [3.05, 3.63) is 69.2 Å². The van der Waals surface area contributed by atoms with Crippen molar-refractivity contribution in [3.8, 4) is 0 Å². The van der Waals surface area contributed by atoms with Crippen molar-refractivity contribution < 1.29 is 4.79 Å². The summed E-state index contributed by atoms with van der Waals surface area (Å²) in [6.07, 6.45) is 1.26. The van der Waals surface area contributed by atoms with Crippen molar-refractivity contribution in [3.63, 3.8) is 0 Å². The Morgan fingerprint density at radius 1 is 0.963 bits per heavy atom. The van der Waals surface area contributed by atoms with E-state index in [1.807, 2.05) is 41.3 Å². The van der Waals surface area contributed by atoms with E-state index in [1.165, 1.54) is 5.56 Å². The summed E-state index contributed by atoms with van der Waals surface area (Å²) in [6, 6.07) is 15.8. The Bertz CT molecular complexity index is 791. The third-order valence-electron chi connectivity index (χ3n) is 5.29. The number of nitrogens with zero attached hydrogens (tertiary/aromatic N) is 2. The highest BCUT2D eigenvalue weighted by molar-refractivity contribution is 9.10. The number of hydrazine groups is 1. The Kier molecular flexibility index (Phi) is 5.80. The lowest BCUT2D eigenvalue weighted by Gasteiger charge is -2.37. The minimum Gasteiger partial charge on any atom is -0.336 e. The second-order valence-corrected chi connectivity index (χ2v) is 8.33. The first kappa shape index (κ1) is 18.9. The summed E-state index contributed by atoms with van der Waals surface area (Å²) in [4.78, 5) is 17.0. The fourth-order valence-corrected chi connectivity index (χ4v) is 4.09. The molecule has 2 saturated heterocycles. The van der Waals surface area contributed by atoms with Gasteiger partial charge in [-0.3, -0.25) is 9.69 Å². The molecular formula is C20H22BrClN4O. The molecule has 2 N–H and O–H groups in total. The third kappa shape index (κ3) is 4.36. The Morgan fingerprint density at radius 2 is 1.63 bits per heavy atom. The summed E-state index contributed by atoms with van der Waals surface area (Å²) in [6.45, 7) is 3.24. The zero-order valence-electron chi connectivity index (χ0n) is 14.9. The predicted molar refractivity (Wildman–Crippen MR) is 110 cm³/mol. The normalized spacial score (nSPS) is 23.6. The van der Waals surface area contributed by atoms with Gasteiger partial charge in [-0.1, -0.05) is 39.7 Å². The Hall–Kier alpha value is -1.44. The van der Waals surface area contributed by atoms with Crippen LogP contribution in [0.15, 0.2) is 53.0 Å². The molecule has 0 bridgehead atoms. The molecule has 27 heavy (non-hydrogen) atoms. The van der Waals surface area contributed by atoms with Crippen molar-refractivity contribution in [2.24, 2.45) is 0 Å². The molecule has 0 aliphatic carbocycles. The number of carbonyl (C=O) groups is 1. The van der Waals surface area contributed by atoms with Crippen LogP contribution in [0.1, 0.15) is 28.4 Å². The summed E-state index contributed by atoms with van der Waals surface area (Å²) in [5, 5.41) is 0.757. The number of carbonyl (C=O) groups excluding carboxylic acids is 1. The average Bonchev–Trinajstić information content (AvgIpc) is 3.19. The Labute approximate surface area is 172 Å². The van der Waals surface area contributed by atoms with Crippen LogP contribution >= 0.6 is 27.5 Å². The van der Waals surface area contributed by atoms with Crippen LogP contribution in [0.5, 0.6) is 0 Å². The minimum atomic E-state index is 0.110. The van der Waals surface area contributed by atoms with Gasteiger partial charge >= 0.3 is 0 Å². The fraction of sp³-hybridized carbons (Fsp3) is 0.350. The molecule has 2 heterocycles. The molecule has 7 heteroatoms. The van der Waals surface area contributed by atoms with Crippen LogP contribution < -0.4 is 10.9 Å². The number of piperazine rings is 1. The van der Waals surface area contributed by atoms with E-state index in [0.29, 0.717) is 0 Å². The highest BCUT2D eigenvalue weighted by atomic mass is 79.9. The molecule has 2 aromatic carbocycles. The molecule has 0 radical (unpaired) electrons. The Morgan fingerprint density at radius 3 is 2.30 bits per heavy atom. The Balaban J connectivity index is 1.31. The van der Waals surface area contributed by atoms with E-state index in [0.717, 1.165) is 47.7 Å². The van der Waals surface area contributed by atoms with Crippen LogP contribution in [0.25, 0.3) is 0 Å². The number of amides is 1. The van der Waals surface area contributed by atoms with Crippen molar-refractivity contribution in [1.29, 1.82) is 0 Å². The first-order chi connectivity index (χ1) is 13.1. The summed E-state index contributed by atoms with van der Waals surface area (Å²) >= 11 is 9.39. The SMILES string of the molecule is O=C(c1ccc(Br)cc1)N1CCN(C2CC(c3ccc(Cl)cc3)NN2)CC1. The lowest BCUT2D eigenvalue weighted by molar-refractivity contribution is 0.0545. The molecular weight excluding hydrogens is 428 g/mol. The zero-order chi connectivity index (χ0) is 18.8. The lowest BCUT2D eigenvalue weighted by Crippen LogP contribution is -2.55. The molecule has 0 spiro atoms. The maximum absolute atomic E-state index is 12.7. The summed E-state index contributed by atoms with van der Waals surface area (Å²) in [5.41, 5.74) is 8.77. The second-order valence-electron chi connectivity index (χ2n) is 6.98. The molecule has 142 valence electrons. The van der Waals surface area contributed by atoms with Crippen LogP contribution in [0.3, 0.4) is 0 Å². The van der Waals surface area contributed by atoms with Crippen LogP contribution in [0.4, 0.5) is 0 Å². The van der Waals surface area contributed by atoms with Gasteiger partial charge in [0.1, 0.15) is 0 Å². The molecule has 2 fully saturated rings. The molecule has 2 atom stereocenters. The lowest BCUT2D eigenvalue weighted by atomic mass is 10.0. The predicted octanol–water partition coefficient (Wildman–Crippen LogP) is 3.43. The van der Waals surface area contributed by atoms with Gasteiger partial charge in [-0.2, -0.15) is 0 Å². The van der Waals surface area contributed by atoms with Crippen LogP contribution in [0.2, 0.25) is 5.02 Å². The maximum Gasteiger partial charge on any atom is 0.253 e. The first-order valence-electron chi connectivity index (χ1n) is 9.15. The zero-order valence-corrected chi connectivity index (χ0v) is 17.2. The summed E-state index contributed by atoms with van der Waals surface area (Å²) in [7, 11) is 0. The van der Waals surface area contributed by atoms with Gasteiger partial charge in [0.2, 0.25) is 0 Å². The van der Waals surface area contributed by atoms with Gasteiger partial charge in [0.05, 0.1) is 6.17 Å². The topological polar surface area (TPSA) is 47.6 Å². The van der Waals surface area contributed by atoms with Crippen molar-refractivity contribution in [2.75, 3.05) is 26.2 Å². The van der Waals surface area contributed by atoms with E-state index in [9.17, 15) is 4.79 Å². The third-order valence-corrected chi connectivity index (χ3v) is 6.07. The van der Waals surface area contributed by atoms with Gasteiger partial charge in [0, 0.05) is 47.3 Å². The van der Waals surface area contributed by atoms with Crippen LogP contribution in [-0.4, -0.2) is 48.1 Å². The largest absolute Gasteiger partial charge is 0.336 e. The molecule has 2 aromatic rings. The van der Waals surface area contributed by atoms with Gasteiger partial charge < -0.3 is 4.90 Å². The fourth-order valence-electron chi connectivity index (χ4n) is 3.70. The average molecular weight is 450 g/mol. The van der Waals surface area contributed by atoms with Crippen LogP contribution in [-0.2, 0) is 0 Å². The van der Waals surface area contributed by atoms with Crippen molar-refractivity contribution in [1.82, 2.24) is 20.7 Å². The number of hydrogen-bond acceptors (Lipinski definition) is 4. The van der Waals surface area contributed by atoms with Crippen molar-refractivity contribution in [2.45, 2.75) is 18.6 Å². The summed E-state index contributed by atoms with van der Waals surface area (Å²) < 4.78 is 0.985. The van der Waals surface area contributed by atoms with E-state index in [4.69, 9.17) is 11.6 Å². The maximum atomic E-state index is 12.7. The highest BCUT2D eigenvalue weighted by Crippen LogP contribution is 2.25. The van der Waals surface area contributed by atoms with Gasteiger partial charge in [0.25, 0.3) is 5.91 Å². The molecule has 0 aromatic heterocycles. The molecule has 0 saturated carbocycles. The first-order valence-corrected chi connectivity index (χ1v) is 10.3. The van der Waals surface area contributed by atoms with E-state index in [1.54, 1.807) is 0 Å². The van der Waals surface area contributed by atoms with E-state index in [-0.39, 0.29) is 18.1 Å². The highest BCUT2D eigenvalue weighted by Gasteiger charge is 2.32. The standard InChI is InChI=1S/C20H22BrClN4O/c21-16-5-1-15(2-6-16)20(27)26-11-9-25(10-12-26)19-13-18(23-24-19)14-3-7-17(22)8-4-14/h1-8,18-19,23-24H,9-13H2. The van der Waals surface area contributed by atoms with Gasteiger partial charge in [0.15, 0.2) is 0 Å². The van der Waals surface area contributed by atoms with E-state index in [2.05, 4.69) is 43.8 Å². The molecule has 1 amide bonds. The summed E-state index contributed by atoms with van der Waals surface area (Å²) in [5.74, 6) is 0.110. The van der Waals surface area contributed by atoms with Gasteiger partial charge in [-0.15, -0.1) is 0 Å². The molecule has 4 rings (SSSR count). The van der Waals surface area contributed by atoms with Crippen molar-refractivity contribution >= 4 is 33.4 Å². The van der Waals surface area contributed by atoms with E-state index < -0.39 is 0 Å². The quantitative estimate of drug-likeness (QED) is 0.754. The minimum absolute atomic E-state index is 0.110. The number of benzene rings is 2. The second kappa shape index (κ2) is 8.29. The van der Waals surface area contributed by atoms with Gasteiger partial charge in [-0.25, -0.2) is 10.9 Å². The molecule has 5 nitrogen and oxygen atoms in total. The van der Waals surface area contributed by atoms with Crippen LogP contribution in [0, 0.1) is 0 Å². The number of nitrogens with one attached hydrogen (secondary N) is 2. The smallest absolute Gasteiger partial charge is 0.253 e. The number of hydrogen-bond donors (Lipinski definition) is 2.